The average Bonchev–Trinajstić information content (AvgIpc) is 2.79. The van der Waals surface area contributed by atoms with Crippen molar-refractivity contribution in [2.45, 2.75) is 0 Å². The van der Waals surface area contributed by atoms with Gasteiger partial charge in [-0.3, -0.25) is 14.0 Å². The smallest absolute Gasteiger partial charge is 0.273 e. The molecule has 7 heteroatoms. The molecule has 0 bridgehead atoms. The molecule has 0 fully saturated rings. The third-order valence-corrected chi connectivity index (χ3v) is 3.28. The van der Waals surface area contributed by atoms with E-state index in [2.05, 4.69) is 15.0 Å². The highest BCUT2D eigenvalue weighted by atomic mass is 32.1. The van der Waals surface area contributed by atoms with Crippen LogP contribution in [0, 0.1) is 0 Å². The van der Waals surface area contributed by atoms with Crippen molar-refractivity contribution in [2.75, 3.05) is 19.5 Å². The molecule has 1 aromatic carbocycles. The molecule has 19 heavy (non-hydrogen) atoms. The quantitative estimate of drug-likeness (QED) is 0.793. The van der Waals surface area contributed by atoms with E-state index in [-0.39, 0.29) is 5.56 Å². The van der Waals surface area contributed by atoms with Crippen molar-refractivity contribution in [1.29, 1.82) is 0 Å². The van der Waals surface area contributed by atoms with Gasteiger partial charge < -0.3 is 15.4 Å². The minimum absolute atomic E-state index is 0.0790. The van der Waals surface area contributed by atoms with Gasteiger partial charge in [0.15, 0.2) is 0 Å². The average molecular weight is 279 g/mol. The summed E-state index contributed by atoms with van der Waals surface area (Å²) < 4.78 is 7.64. The van der Waals surface area contributed by atoms with Crippen molar-refractivity contribution in [2.24, 2.45) is 0 Å². The lowest BCUT2D eigenvalue weighted by Gasteiger charge is -2.07. The summed E-state index contributed by atoms with van der Waals surface area (Å²) in [6.07, 6.45) is 0. The molecule has 0 aliphatic heterocycles. The second-order valence-electron chi connectivity index (χ2n) is 3.67. The Morgan fingerprint density at radius 1 is 1.42 bits per heavy atom. The summed E-state index contributed by atoms with van der Waals surface area (Å²) >= 11 is 1.08. The van der Waals surface area contributed by atoms with E-state index in [1.807, 2.05) is 18.2 Å². The minimum atomic E-state index is -0.423. The van der Waals surface area contributed by atoms with Crippen molar-refractivity contribution in [3.8, 4) is 5.75 Å². The Hall–Kier alpha value is -2.28. The summed E-state index contributed by atoms with van der Waals surface area (Å²) in [6.45, 7) is 0. The molecule has 1 aromatic heterocycles. The van der Waals surface area contributed by atoms with Gasteiger partial charge in [0.2, 0.25) is 0 Å². The maximum absolute atomic E-state index is 11.6. The lowest BCUT2D eigenvalue weighted by atomic mass is 10.2. The van der Waals surface area contributed by atoms with E-state index < -0.39 is 11.5 Å². The molecule has 2 aromatic rings. The predicted octanol–water partition coefficient (Wildman–Crippen LogP) is 1.55. The number of amides is 1. The molecule has 0 radical (unpaired) electrons. The van der Waals surface area contributed by atoms with E-state index >= 15 is 0 Å². The second-order valence-corrected chi connectivity index (χ2v) is 4.49. The van der Waals surface area contributed by atoms with Crippen LogP contribution in [0.1, 0.15) is 10.4 Å². The Morgan fingerprint density at radius 3 is 2.89 bits per heavy atom. The first-order valence-corrected chi connectivity index (χ1v) is 6.32. The molecule has 0 spiro atoms. The van der Waals surface area contributed by atoms with E-state index in [9.17, 15) is 9.59 Å². The summed E-state index contributed by atoms with van der Waals surface area (Å²) in [5.74, 6) is 0.266. The number of aromatic nitrogens is 1. The molecular weight excluding hydrogens is 266 g/mol. The first kappa shape index (κ1) is 13.2. The summed E-state index contributed by atoms with van der Waals surface area (Å²) in [4.78, 5) is 23.2. The van der Waals surface area contributed by atoms with Gasteiger partial charge in [0.1, 0.15) is 16.3 Å². The fraction of sp³-hybridized carbons (Fsp3) is 0.167. The Morgan fingerprint density at radius 2 is 2.21 bits per heavy atom. The third kappa shape index (κ3) is 2.76. The number of methoxy groups -OCH3 is 1. The van der Waals surface area contributed by atoms with Gasteiger partial charge in [0.25, 0.3) is 11.5 Å². The molecule has 0 unspecified atom stereocenters. The Labute approximate surface area is 113 Å². The van der Waals surface area contributed by atoms with Gasteiger partial charge in [-0.05, 0) is 23.7 Å². The highest BCUT2D eigenvalue weighted by Gasteiger charge is 2.17. The lowest BCUT2D eigenvalue weighted by molar-refractivity contribution is 0.0963. The number of benzene rings is 1. The zero-order chi connectivity index (χ0) is 13.8. The van der Waals surface area contributed by atoms with Gasteiger partial charge in [0.05, 0.1) is 7.11 Å². The van der Waals surface area contributed by atoms with E-state index in [0.717, 1.165) is 17.2 Å². The van der Waals surface area contributed by atoms with Gasteiger partial charge in [-0.2, -0.15) is 0 Å². The number of H-pyrrole nitrogens is 1. The number of hydrogen-bond acceptors (Lipinski definition) is 5. The molecule has 3 N–H and O–H groups in total. The van der Waals surface area contributed by atoms with Gasteiger partial charge >= 0.3 is 0 Å². The molecule has 0 aliphatic carbocycles. The van der Waals surface area contributed by atoms with Crippen molar-refractivity contribution < 1.29 is 9.53 Å². The molecule has 0 saturated heterocycles. The highest BCUT2D eigenvalue weighted by molar-refractivity contribution is 7.10. The summed E-state index contributed by atoms with van der Waals surface area (Å²) in [7, 11) is 3.05. The van der Waals surface area contributed by atoms with Crippen LogP contribution < -0.4 is 20.9 Å². The van der Waals surface area contributed by atoms with Crippen LogP contribution in [0.3, 0.4) is 0 Å². The predicted molar refractivity (Wildman–Crippen MR) is 74.6 cm³/mol. The van der Waals surface area contributed by atoms with Crippen LogP contribution in [0.25, 0.3) is 0 Å². The molecule has 2 rings (SSSR count). The summed E-state index contributed by atoms with van der Waals surface area (Å²) in [6, 6.07) is 7.22. The van der Waals surface area contributed by atoms with Crippen molar-refractivity contribution in [3.63, 3.8) is 0 Å². The number of ether oxygens (including phenoxy) is 1. The van der Waals surface area contributed by atoms with Crippen LogP contribution in [0.5, 0.6) is 5.75 Å². The normalized spacial score (nSPS) is 10.0. The Bertz CT molecular complexity index is 648. The maximum atomic E-state index is 11.6. The lowest BCUT2D eigenvalue weighted by Crippen LogP contribution is -2.24. The number of hydrogen-bond donors (Lipinski definition) is 3. The number of carbonyl (C=O) groups excluding carboxylic acids is 1. The number of rotatable bonds is 4. The van der Waals surface area contributed by atoms with E-state index in [1.165, 1.54) is 7.05 Å². The van der Waals surface area contributed by atoms with E-state index in [1.54, 1.807) is 13.2 Å². The van der Waals surface area contributed by atoms with Crippen molar-refractivity contribution in [3.05, 3.63) is 40.2 Å². The first-order valence-electron chi connectivity index (χ1n) is 5.50. The monoisotopic (exact) mass is 279 g/mol. The Balaban J connectivity index is 2.33. The maximum Gasteiger partial charge on any atom is 0.273 e. The van der Waals surface area contributed by atoms with Crippen molar-refractivity contribution >= 4 is 28.1 Å². The summed E-state index contributed by atoms with van der Waals surface area (Å²) in [5, 5.41) is 5.94. The van der Waals surface area contributed by atoms with Crippen LogP contribution in [-0.4, -0.2) is 24.4 Å². The van der Waals surface area contributed by atoms with E-state index in [4.69, 9.17) is 4.74 Å². The SMILES string of the molecule is CNC(=O)c1c(Nc2cccc(OC)c2)s[nH]c1=O. The summed E-state index contributed by atoms with van der Waals surface area (Å²) in [5.41, 5.74) is 0.407. The Kier molecular flexibility index (Phi) is 3.86. The van der Waals surface area contributed by atoms with Gasteiger partial charge in [-0.25, -0.2) is 0 Å². The zero-order valence-corrected chi connectivity index (χ0v) is 11.3. The fourth-order valence-electron chi connectivity index (χ4n) is 1.55. The van der Waals surface area contributed by atoms with Crippen LogP contribution in [-0.2, 0) is 0 Å². The zero-order valence-electron chi connectivity index (χ0n) is 10.4. The molecular formula is C12H13N3O3S. The van der Waals surface area contributed by atoms with Crippen LogP contribution in [0.15, 0.2) is 29.1 Å². The molecule has 0 atom stereocenters. The van der Waals surface area contributed by atoms with Crippen LogP contribution in [0.2, 0.25) is 0 Å². The first-order chi connectivity index (χ1) is 9.15. The van der Waals surface area contributed by atoms with Gasteiger partial charge in [-0.15, -0.1) is 0 Å². The minimum Gasteiger partial charge on any atom is -0.497 e. The number of nitrogens with one attached hydrogen (secondary N) is 3. The highest BCUT2D eigenvalue weighted by Crippen LogP contribution is 2.24. The second kappa shape index (κ2) is 5.57. The number of carbonyl (C=O) groups is 1. The molecule has 1 heterocycles. The van der Waals surface area contributed by atoms with Gasteiger partial charge in [-0.1, -0.05) is 6.07 Å². The number of aromatic amines is 1. The van der Waals surface area contributed by atoms with Gasteiger partial charge in [0, 0.05) is 18.8 Å². The molecule has 0 aliphatic rings. The van der Waals surface area contributed by atoms with Crippen molar-refractivity contribution in [1.82, 2.24) is 9.69 Å². The molecule has 100 valence electrons. The molecule has 0 saturated carbocycles. The molecule has 1 amide bonds. The standard InChI is InChI=1S/C12H13N3O3S/c1-13-10(16)9-11(17)15-19-12(9)14-7-4-3-5-8(6-7)18-2/h3-6,14H,1-2H3,(H,13,16)(H,15,17). The van der Waals surface area contributed by atoms with E-state index in [0.29, 0.717) is 10.8 Å². The number of anilines is 2. The molecule has 6 nitrogen and oxygen atoms in total. The third-order valence-electron chi connectivity index (χ3n) is 2.48. The fourth-order valence-corrected chi connectivity index (χ4v) is 2.31. The van der Waals surface area contributed by atoms with Crippen LogP contribution in [0.4, 0.5) is 10.7 Å². The largest absolute Gasteiger partial charge is 0.497 e. The topological polar surface area (TPSA) is 83.2 Å². The van der Waals surface area contributed by atoms with Crippen LogP contribution >= 0.6 is 11.5 Å².